The van der Waals surface area contributed by atoms with Crippen molar-refractivity contribution in [2.45, 2.75) is 26.5 Å². The number of benzene rings is 3. The van der Waals surface area contributed by atoms with Gasteiger partial charge in [0.05, 0.1) is 17.8 Å². The zero-order chi connectivity index (χ0) is 25.2. The average Bonchev–Trinajstić information content (AvgIpc) is 2.86. The van der Waals surface area contributed by atoms with E-state index in [2.05, 4.69) is 21.9 Å². The summed E-state index contributed by atoms with van der Waals surface area (Å²) in [7, 11) is 0. The Morgan fingerprint density at radius 2 is 1.74 bits per heavy atom. The summed E-state index contributed by atoms with van der Waals surface area (Å²) < 4.78 is 5.90. The Labute approximate surface area is 209 Å². The molecule has 7 nitrogen and oxygen atoms in total. The van der Waals surface area contributed by atoms with Crippen LogP contribution in [0.25, 0.3) is 0 Å². The van der Waals surface area contributed by atoms with E-state index < -0.39 is 11.9 Å². The number of hydrogen-bond donors (Lipinski definition) is 2. The summed E-state index contributed by atoms with van der Waals surface area (Å²) in [6.07, 6.45) is 1.47. The number of carbonyl (C=O) groups excluding carboxylic acids is 2. The highest BCUT2D eigenvalue weighted by Gasteiger charge is 2.24. The van der Waals surface area contributed by atoms with Crippen molar-refractivity contribution in [1.82, 2.24) is 10.7 Å². The van der Waals surface area contributed by atoms with Crippen LogP contribution >= 0.6 is 11.6 Å². The van der Waals surface area contributed by atoms with Gasteiger partial charge in [-0.1, -0.05) is 55.8 Å². The van der Waals surface area contributed by atoms with E-state index >= 15 is 0 Å². The normalized spacial score (nSPS) is 11.6. The Kier molecular flexibility index (Phi) is 8.99. The molecular weight excluding hydrogens is 464 g/mol. The van der Waals surface area contributed by atoms with Crippen LogP contribution in [0.1, 0.15) is 40.9 Å². The molecule has 0 aliphatic carbocycles. The summed E-state index contributed by atoms with van der Waals surface area (Å²) in [6.45, 7) is 3.88. The number of nitriles is 1. The second-order valence-electron chi connectivity index (χ2n) is 8.03. The maximum atomic E-state index is 12.7. The molecule has 1 atom stereocenters. The fraction of sp³-hybridized carbons (Fsp3) is 0.185. The third-order valence-electron chi connectivity index (χ3n) is 5.16. The number of halogens is 1. The Morgan fingerprint density at radius 1 is 1.06 bits per heavy atom. The van der Waals surface area contributed by atoms with Gasteiger partial charge in [0.25, 0.3) is 11.8 Å². The summed E-state index contributed by atoms with van der Waals surface area (Å²) in [4.78, 5) is 25.3. The van der Waals surface area contributed by atoms with Gasteiger partial charge >= 0.3 is 0 Å². The SMILES string of the molecule is CC(C)C(NC(=O)c1ccc(Cl)cc1)C(=O)NN=Cc1ccccc1OCc1ccccc1C#N. The molecule has 2 amide bonds. The van der Waals surface area contributed by atoms with E-state index in [1.54, 1.807) is 48.5 Å². The molecule has 0 heterocycles. The van der Waals surface area contributed by atoms with Crippen molar-refractivity contribution in [1.29, 1.82) is 5.26 Å². The maximum Gasteiger partial charge on any atom is 0.262 e. The fourth-order valence-corrected chi connectivity index (χ4v) is 3.35. The minimum Gasteiger partial charge on any atom is -0.488 e. The molecule has 0 saturated carbocycles. The van der Waals surface area contributed by atoms with Gasteiger partial charge in [0.1, 0.15) is 18.4 Å². The van der Waals surface area contributed by atoms with Crippen LogP contribution in [-0.2, 0) is 11.4 Å². The fourth-order valence-electron chi connectivity index (χ4n) is 3.23. The molecule has 2 N–H and O–H groups in total. The molecule has 0 saturated heterocycles. The second kappa shape index (κ2) is 12.4. The van der Waals surface area contributed by atoms with Crippen molar-refractivity contribution in [3.63, 3.8) is 0 Å². The average molecular weight is 489 g/mol. The summed E-state index contributed by atoms with van der Waals surface area (Å²) >= 11 is 5.87. The lowest BCUT2D eigenvalue weighted by Gasteiger charge is -2.20. The van der Waals surface area contributed by atoms with Crippen molar-refractivity contribution in [3.05, 3.63) is 100 Å². The van der Waals surface area contributed by atoms with Crippen LogP contribution in [0.3, 0.4) is 0 Å². The van der Waals surface area contributed by atoms with Crippen LogP contribution < -0.4 is 15.5 Å². The number of hydrazone groups is 1. The van der Waals surface area contributed by atoms with E-state index in [-0.39, 0.29) is 18.4 Å². The molecule has 0 bridgehead atoms. The third-order valence-corrected chi connectivity index (χ3v) is 5.41. The first-order valence-corrected chi connectivity index (χ1v) is 11.4. The number of hydrogen-bond acceptors (Lipinski definition) is 5. The van der Waals surface area contributed by atoms with Crippen LogP contribution in [0.15, 0.2) is 77.9 Å². The first kappa shape index (κ1) is 25.5. The first-order valence-electron chi connectivity index (χ1n) is 11.0. The van der Waals surface area contributed by atoms with Crippen LogP contribution in [0, 0.1) is 17.2 Å². The minimum absolute atomic E-state index is 0.169. The molecule has 3 aromatic carbocycles. The first-order chi connectivity index (χ1) is 16.9. The van der Waals surface area contributed by atoms with Crippen LogP contribution in [-0.4, -0.2) is 24.1 Å². The summed E-state index contributed by atoms with van der Waals surface area (Å²) in [5, 5.41) is 16.6. The van der Waals surface area contributed by atoms with Crippen LogP contribution in [0.4, 0.5) is 0 Å². The molecular formula is C27H25ClN4O3. The highest BCUT2D eigenvalue weighted by molar-refractivity contribution is 6.30. The molecule has 3 rings (SSSR count). The van der Waals surface area contributed by atoms with Crippen LogP contribution in [0.2, 0.25) is 5.02 Å². The van der Waals surface area contributed by atoms with Crippen molar-refractivity contribution >= 4 is 29.6 Å². The number of carbonyl (C=O) groups is 2. The van der Waals surface area contributed by atoms with Gasteiger partial charge in [-0.25, -0.2) is 5.43 Å². The van der Waals surface area contributed by atoms with E-state index in [0.29, 0.717) is 27.5 Å². The van der Waals surface area contributed by atoms with Gasteiger partial charge in [0.2, 0.25) is 0 Å². The lowest BCUT2D eigenvalue weighted by atomic mass is 10.0. The Hall–Kier alpha value is -4.15. The number of ether oxygens (including phenoxy) is 1. The van der Waals surface area contributed by atoms with Gasteiger partial charge in [0.15, 0.2) is 0 Å². The number of rotatable bonds is 9. The zero-order valence-electron chi connectivity index (χ0n) is 19.4. The molecule has 35 heavy (non-hydrogen) atoms. The van der Waals surface area contributed by atoms with Crippen molar-refractivity contribution in [3.8, 4) is 11.8 Å². The molecule has 0 aliphatic heterocycles. The Morgan fingerprint density at radius 3 is 2.46 bits per heavy atom. The zero-order valence-corrected chi connectivity index (χ0v) is 20.1. The van der Waals surface area contributed by atoms with Gasteiger partial charge < -0.3 is 10.1 Å². The topological polar surface area (TPSA) is 104 Å². The predicted octanol–water partition coefficient (Wildman–Crippen LogP) is 4.70. The highest BCUT2D eigenvalue weighted by Crippen LogP contribution is 2.19. The lowest BCUT2D eigenvalue weighted by Crippen LogP contribution is -2.48. The van der Waals surface area contributed by atoms with Gasteiger partial charge in [-0.2, -0.15) is 10.4 Å². The Bertz CT molecular complexity index is 1250. The van der Waals surface area contributed by atoms with E-state index in [0.717, 1.165) is 5.56 Å². The predicted molar refractivity (Wildman–Crippen MR) is 135 cm³/mol. The third kappa shape index (κ3) is 7.16. The second-order valence-corrected chi connectivity index (χ2v) is 8.47. The quantitative estimate of drug-likeness (QED) is 0.336. The smallest absolute Gasteiger partial charge is 0.262 e. The summed E-state index contributed by atoms with van der Waals surface area (Å²) in [5.41, 5.74) is 4.86. The molecule has 0 spiro atoms. The minimum atomic E-state index is -0.788. The van der Waals surface area contributed by atoms with Gasteiger partial charge in [0, 0.05) is 21.7 Å². The van der Waals surface area contributed by atoms with Crippen LogP contribution in [0.5, 0.6) is 5.75 Å². The number of nitrogens with zero attached hydrogens (tertiary/aromatic N) is 2. The largest absolute Gasteiger partial charge is 0.488 e. The molecule has 0 aromatic heterocycles. The van der Waals surface area contributed by atoms with Crippen molar-refractivity contribution < 1.29 is 14.3 Å². The molecule has 1 unspecified atom stereocenters. The summed E-state index contributed by atoms with van der Waals surface area (Å²) in [5.74, 6) is -0.442. The van der Waals surface area contributed by atoms with Gasteiger partial charge in [-0.3, -0.25) is 9.59 Å². The van der Waals surface area contributed by atoms with E-state index in [1.165, 1.54) is 6.21 Å². The molecule has 178 valence electrons. The highest BCUT2D eigenvalue weighted by atomic mass is 35.5. The van der Waals surface area contributed by atoms with Crippen molar-refractivity contribution in [2.24, 2.45) is 11.0 Å². The summed E-state index contributed by atoms with van der Waals surface area (Å²) in [6, 6.07) is 22.2. The number of nitrogens with one attached hydrogen (secondary N) is 2. The van der Waals surface area contributed by atoms with E-state index in [1.807, 2.05) is 38.1 Å². The molecule has 0 radical (unpaired) electrons. The molecule has 0 aliphatic rings. The monoisotopic (exact) mass is 488 g/mol. The molecule has 8 heteroatoms. The van der Waals surface area contributed by atoms with E-state index in [9.17, 15) is 14.9 Å². The lowest BCUT2D eigenvalue weighted by molar-refractivity contribution is -0.123. The van der Waals surface area contributed by atoms with Gasteiger partial charge in [-0.15, -0.1) is 0 Å². The molecule has 0 fully saturated rings. The van der Waals surface area contributed by atoms with Crippen molar-refractivity contribution in [2.75, 3.05) is 0 Å². The number of para-hydroxylation sites is 1. The standard InChI is InChI=1S/C27H25ClN4O3/c1-18(2)25(31-26(33)19-11-13-23(28)14-12-19)27(34)32-30-16-21-8-5-6-10-24(21)35-17-22-9-4-3-7-20(22)15-29/h3-14,16,18,25H,17H2,1-2H3,(H,31,33)(H,32,34). The van der Waals surface area contributed by atoms with Gasteiger partial charge in [-0.05, 0) is 48.4 Å². The maximum absolute atomic E-state index is 12.7. The van der Waals surface area contributed by atoms with E-state index in [4.69, 9.17) is 16.3 Å². The molecule has 3 aromatic rings. The number of amides is 2. The Balaban J connectivity index is 1.64.